The Labute approximate surface area is 200 Å². The van der Waals surface area contributed by atoms with Crippen LogP contribution in [0.4, 0.5) is 13.2 Å². The van der Waals surface area contributed by atoms with Crippen molar-refractivity contribution in [3.8, 4) is 45.2 Å². The summed E-state index contributed by atoms with van der Waals surface area (Å²) in [7, 11) is 0. The molecule has 0 N–H and O–H groups in total. The van der Waals surface area contributed by atoms with E-state index < -0.39 is 11.7 Å². The van der Waals surface area contributed by atoms with Gasteiger partial charge in [-0.3, -0.25) is 0 Å². The first kappa shape index (κ1) is 22.6. The second kappa shape index (κ2) is 8.87. The molecule has 0 aliphatic carbocycles. The lowest BCUT2D eigenvalue weighted by atomic mass is 10.0. The first-order chi connectivity index (χ1) is 16.8. The maximum atomic E-state index is 13.6. The Morgan fingerprint density at radius 2 is 1.20 bits per heavy atom. The van der Waals surface area contributed by atoms with Crippen LogP contribution in [-0.2, 0) is 6.18 Å². The second-order valence-corrected chi connectivity index (χ2v) is 8.43. The van der Waals surface area contributed by atoms with E-state index in [1.807, 2.05) is 68.4 Å². The molecule has 0 atom stereocenters. The van der Waals surface area contributed by atoms with Gasteiger partial charge in [0.25, 0.3) is 0 Å². The molecular formula is C29H21F3N2O. The molecular weight excluding hydrogens is 449 g/mol. The quantitative estimate of drug-likeness (QED) is 0.265. The van der Waals surface area contributed by atoms with Crippen LogP contribution in [0.1, 0.15) is 16.7 Å². The van der Waals surface area contributed by atoms with Crippen LogP contribution in [0.2, 0.25) is 0 Å². The Balaban J connectivity index is 1.66. The van der Waals surface area contributed by atoms with E-state index in [-0.39, 0.29) is 11.3 Å². The van der Waals surface area contributed by atoms with Gasteiger partial charge < -0.3 is 4.42 Å². The van der Waals surface area contributed by atoms with Crippen molar-refractivity contribution in [3.05, 3.63) is 108 Å². The van der Waals surface area contributed by atoms with Crippen molar-refractivity contribution in [2.24, 2.45) is 0 Å². The lowest BCUT2D eigenvalue weighted by Gasteiger charge is -2.11. The molecule has 0 saturated heterocycles. The van der Waals surface area contributed by atoms with Crippen LogP contribution < -0.4 is 0 Å². The van der Waals surface area contributed by atoms with Gasteiger partial charge in [-0.05, 0) is 38.1 Å². The van der Waals surface area contributed by atoms with Crippen molar-refractivity contribution in [3.63, 3.8) is 0 Å². The molecule has 3 aromatic carbocycles. The van der Waals surface area contributed by atoms with E-state index in [0.29, 0.717) is 22.7 Å². The van der Waals surface area contributed by atoms with E-state index in [1.165, 1.54) is 12.1 Å². The van der Waals surface area contributed by atoms with Crippen LogP contribution in [0.3, 0.4) is 0 Å². The number of furan rings is 1. The summed E-state index contributed by atoms with van der Waals surface area (Å²) in [4.78, 5) is 0. The molecule has 5 rings (SSSR count). The Hall–Kier alpha value is -4.19. The zero-order chi connectivity index (χ0) is 24.6. The molecule has 0 amide bonds. The highest BCUT2D eigenvalue weighted by Crippen LogP contribution is 2.40. The average Bonchev–Trinajstić information content (AvgIpc) is 3.34. The predicted molar refractivity (Wildman–Crippen MR) is 131 cm³/mol. The summed E-state index contributed by atoms with van der Waals surface area (Å²) in [5, 5.41) is 8.94. The molecule has 5 aromatic rings. The van der Waals surface area contributed by atoms with Crippen molar-refractivity contribution in [1.29, 1.82) is 0 Å². The van der Waals surface area contributed by atoms with Crippen molar-refractivity contribution < 1.29 is 17.6 Å². The summed E-state index contributed by atoms with van der Waals surface area (Å²) in [6, 6.07) is 26.2. The minimum absolute atomic E-state index is 0.0103. The van der Waals surface area contributed by atoms with Gasteiger partial charge in [-0.15, -0.1) is 10.2 Å². The standard InChI is InChI=1S/C29H21F3N2O/c1-18-7-11-20(12-8-18)25-17-23(28(34-33-25)21-13-9-19(2)10-14-21)27-16-15-26(35-27)22-5-3-4-6-24(22)29(30,31)32/h3-17H,1-2H3. The van der Waals surface area contributed by atoms with E-state index in [1.54, 1.807) is 18.2 Å². The Bertz CT molecular complexity index is 1480. The normalized spacial score (nSPS) is 11.6. The molecule has 2 aromatic heterocycles. The lowest BCUT2D eigenvalue weighted by Crippen LogP contribution is -2.06. The molecule has 0 bridgehead atoms. The fourth-order valence-corrected chi connectivity index (χ4v) is 3.94. The van der Waals surface area contributed by atoms with Gasteiger partial charge in [-0.2, -0.15) is 13.2 Å². The van der Waals surface area contributed by atoms with E-state index >= 15 is 0 Å². The number of hydrogen-bond donors (Lipinski definition) is 0. The number of benzene rings is 3. The van der Waals surface area contributed by atoms with E-state index in [9.17, 15) is 13.2 Å². The van der Waals surface area contributed by atoms with Crippen LogP contribution in [0.5, 0.6) is 0 Å². The Morgan fingerprint density at radius 1 is 0.629 bits per heavy atom. The van der Waals surface area contributed by atoms with Gasteiger partial charge in [0, 0.05) is 22.3 Å². The highest BCUT2D eigenvalue weighted by atomic mass is 19.4. The average molecular weight is 470 g/mol. The fraction of sp³-hybridized carbons (Fsp3) is 0.103. The molecule has 6 heteroatoms. The van der Waals surface area contributed by atoms with E-state index in [0.717, 1.165) is 28.3 Å². The van der Waals surface area contributed by atoms with Gasteiger partial charge in [-0.25, -0.2) is 0 Å². The van der Waals surface area contributed by atoms with Crippen molar-refractivity contribution >= 4 is 0 Å². The Morgan fingerprint density at radius 3 is 1.83 bits per heavy atom. The van der Waals surface area contributed by atoms with Crippen molar-refractivity contribution in [1.82, 2.24) is 10.2 Å². The van der Waals surface area contributed by atoms with Gasteiger partial charge in [-0.1, -0.05) is 77.9 Å². The third-order valence-corrected chi connectivity index (χ3v) is 5.84. The molecule has 0 spiro atoms. The van der Waals surface area contributed by atoms with Crippen LogP contribution in [0.15, 0.2) is 95.4 Å². The molecule has 0 aliphatic rings. The molecule has 2 heterocycles. The minimum atomic E-state index is -4.49. The molecule has 0 aliphatic heterocycles. The smallest absolute Gasteiger partial charge is 0.417 e. The number of rotatable bonds is 4. The molecule has 0 fully saturated rings. The Kier molecular flexibility index (Phi) is 5.73. The van der Waals surface area contributed by atoms with Gasteiger partial charge in [0.05, 0.1) is 11.3 Å². The third-order valence-electron chi connectivity index (χ3n) is 5.84. The topological polar surface area (TPSA) is 38.9 Å². The number of aromatic nitrogens is 2. The van der Waals surface area contributed by atoms with Gasteiger partial charge in [0.1, 0.15) is 17.2 Å². The molecule has 0 unspecified atom stereocenters. The summed E-state index contributed by atoms with van der Waals surface area (Å²) < 4.78 is 46.8. The summed E-state index contributed by atoms with van der Waals surface area (Å²) in [6.07, 6.45) is -4.49. The van der Waals surface area contributed by atoms with E-state index in [4.69, 9.17) is 4.42 Å². The fourth-order valence-electron chi connectivity index (χ4n) is 3.94. The monoisotopic (exact) mass is 470 g/mol. The number of alkyl halides is 3. The number of aryl methyl sites for hydroxylation is 2. The molecule has 0 saturated carbocycles. The van der Waals surface area contributed by atoms with Crippen LogP contribution >= 0.6 is 0 Å². The summed E-state index contributed by atoms with van der Waals surface area (Å²) in [5.74, 6) is 0.548. The second-order valence-electron chi connectivity index (χ2n) is 8.43. The van der Waals surface area contributed by atoms with Crippen molar-refractivity contribution in [2.45, 2.75) is 20.0 Å². The SMILES string of the molecule is Cc1ccc(-c2cc(-c3ccc(-c4ccccc4C(F)(F)F)o3)c(-c3ccc(C)cc3)nn2)cc1. The van der Waals surface area contributed by atoms with Gasteiger partial charge in [0.2, 0.25) is 0 Å². The number of halogens is 3. The summed E-state index contributed by atoms with van der Waals surface area (Å²) >= 11 is 0. The van der Waals surface area contributed by atoms with Gasteiger partial charge >= 0.3 is 6.18 Å². The van der Waals surface area contributed by atoms with Gasteiger partial charge in [0.15, 0.2) is 0 Å². The van der Waals surface area contributed by atoms with Crippen molar-refractivity contribution in [2.75, 3.05) is 0 Å². The van der Waals surface area contributed by atoms with Crippen LogP contribution in [-0.4, -0.2) is 10.2 Å². The first-order valence-corrected chi connectivity index (χ1v) is 11.1. The highest BCUT2D eigenvalue weighted by Gasteiger charge is 2.34. The van der Waals surface area contributed by atoms with Crippen LogP contribution in [0, 0.1) is 13.8 Å². The lowest BCUT2D eigenvalue weighted by molar-refractivity contribution is -0.137. The van der Waals surface area contributed by atoms with E-state index in [2.05, 4.69) is 10.2 Å². The zero-order valence-corrected chi connectivity index (χ0v) is 19.1. The molecule has 3 nitrogen and oxygen atoms in total. The molecule has 174 valence electrons. The molecule has 0 radical (unpaired) electrons. The summed E-state index contributed by atoms with van der Waals surface area (Å²) in [6.45, 7) is 4.00. The van der Waals surface area contributed by atoms with Crippen LogP contribution in [0.25, 0.3) is 45.2 Å². The minimum Gasteiger partial charge on any atom is -0.456 e. The largest absolute Gasteiger partial charge is 0.456 e. The predicted octanol–water partition coefficient (Wildman–Crippen LogP) is 8.37. The zero-order valence-electron chi connectivity index (χ0n) is 19.1. The third kappa shape index (κ3) is 4.60. The highest BCUT2D eigenvalue weighted by molar-refractivity contribution is 5.82. The first-order valence-electron chi connectivity index (χ1n) is 11.1. The maximum absolute atomic E-state index is 13.6. The summed E-state index contributed by atoms with van der Waals surface area (Å²) in [5.41, 5.74) is 5.07. The maximum Gasteiger partial charge on any atom is 0.417 e. The number of nitrogens with zero attached hydrogens (tertiary/aromatic N) is 2. The molecule has 35 heavy (non-hydrogen) atoms. The number of hydrogen-bond acceptors (Lipinski definition) is 3.